The van der Waals surface area contributed by atoms with Crippen LogP contribution in [0.3, 0.4) is 0 Å². The van der Waals surface area contributed by atoms with Gasteiger partial charge in [-0.2, -0.15) is 10.4 Å². The van der Waals surface area contributed by atoms with Gasteiger partial charge in [0, 0.05) is 18.0 Å². The Morgan fingerprint density at radius 3 is 2.52 bits per heavy atom. The van der Waals surface area contributed by atoms with E-state index in [1.54, 1.807) is 44.3 Å². The lowest BCUT2D eigenvalue weighted by molar-refractivity contribution is 0.404. The highest BCUT2D eigenvalue weighted by molar-refractivity contribution is 7.07. The number of ether oxygens (including phenoxy) is 2. The highest BCUT2D eigenvalue weighted by atomic mass is 32.1. The van der Waals surface area contributed by atoms with Gasteiger partial charge in [0.1, 0.15) is 11.5 Å². The number of nitriles is 1. The molecule has 0 amide bonds. The zero-order chi connectivity index (χ0) is 19.2. The Balaban J connectivity index is 2.08. The third kappa shape index (κ3) is 3.91. The molecule has 0 bridgehead atoms. The van der Waals surface area contributed by atoms with Gasteiger partial charge in [0.05, 0.1) is 37.8 Å². The van der Waals surface area contributed by atoms with E-state index in [4.69, 9.17) is 14.7 Å². The molecular weight excluding hydrogens is 360 g/mol. The summed E-state index contributed by atoms with van der Waals surface area (Å²) in [5.41, 5.74) is 3.21. The molecule has 0 saturated heterocycles. The molecule has 0 fully saturated rings. The SMILES string of the molecule is CN=c1scc(-c2cc(OC)ccc2OC)n1N=Cc1ccc(C#N)cc1. The molecule has 1 aromatic heterocycles. The summed E-state index contributed by atoms with van der Waals surface area (Å²) < 4.78 is 12.6. The predicted octanol–water partition coefficient (Wildman–Crippen LogP) is 3.52. The Morgan fingerprint density at radius 1 is 1.11 bits per heavy atom. The van der Waals surface area contributed by atoms with Crippen molar-refractivity contribution in [3.8, 4) is 28.8 Å². The summed E-state index contributed by atoms with van der Waals surface area (Å²) in [6.07, 6.45) is 1.73. The monoisotopic (exact) mass is 378 g/mol. The van der Waals surface area contributed by atoms with Crippen LogP contribution in [0.5, 0.6) is 11.5 Å². The van der Waals surface area contributed by atoms with Crippen LogP contribution in [0.1, 0.15) is 11.1 Å². The second kappa shape index (κ2) is 8.34. The smallest absolute Gasteiger partial charge is 0.205 e. The Hall–Kier alpha value is -3.37. The van der Waals surface area contributed by atoms with Gasteiger partial charge in [0.2, 0.25) is 4.80 Å². The fourth-order valence-electron chi connectivity index (χ4n) is 2.53. The number of hydrogen-bond acceptors (Lipinski definition) is 6. The van der Waals surface area contributed by atoms with Crippen molar-refractivity contribution < 1.29 is 9.47 Å². The third-order valence-corrected chi connectivity index (χ3v) is 4.83. The zero-order valence-corrected chi connectivity index (χ0v) is 16.0. The second-order valence-corrected chi connectivity index (χ2v) is 6.32. The zero-order valence-electron chi connectivity index (χ0n) is 15.2. The van der Waals surface area contributed by atoms with E-state index in [-0.39, 0.29) is 0 Å². The van der Waals surface area contributed by atoms with E-state index in [1.807, 2.05) is 35.7 Å². The molecule has 0 aliphatic rings. The van der Waals surface area contributed by atoms with Crippen LogP contribution in [-0.2, 0) is 0 Å². The van der Waals surface area contributed by atoms with Gasteiger partial charge in [0.25, 0.3) is 0 Å². The number of rotatable bonds is 5. The summed E-state index contributed by atoms with van der Waals surface area (Å²) in [5.74, 6) is 1.45. The number of thiazole rings is 1. The number of nitrogens with zero attached hydrogens (tertiary/aromatic N) is 4. The molecule has 3 aromatic rings. The Labute approximate surface area is 161 Å². The molecule has 2 aromatic carbocycles. The summed E-state index contributed by atoms with van der Waals surface area (Å²) in [4.78, 5) is 5.06. The van der Waals surface area contributed by atoms with E-state index in [0.717, 1.165) is 33.1 Å². The van der Waals surface area contributed by atoms with Crippen molar-refractivity contribution in [1.82, 2.24) is 4.68 Å². The van der Waals surface area contributed by atoms with Gasteiger partial charge in [-0.05, 0) is 35.9 Å². The van der Waals surface area contributed by atoms with Crippen molar-refractivity contribution in [2.75, 3.05) is 21.3 Å². The van der Waals surface area contributed by atoms with Crippen molar-refractivity contribution in [3.05, 3.63) is 63.8 Å². The molecule has 6 nitrogen and oxygen atoms in total. The predicted molar refractivity (Wildman–Crippen MR) is 106 cm³/mol. The summed E-state index contributed by atoms with van der Waals surface area (Å²) in [7, 11) is 4.99. The first-order chi connectivity index (χ1) is 13.2. The van der Waals surface area contributed by atoms with E-state index in [2.05, 4.69) is 16.2 Å². The van der Waals surface area contributed by atoms with Gasteiger partial charge in [0.15, 0.2) is 0 Å². The van der Waals surface area contributed by atoms with Crippen LogP contribution in [0.4, 0.5) is 0 Å². The number of aromatic nitrogens is 1. The molecule has 0 N–H and O–H groups in total. The topological polar surface area (TPSA) is 71.9 Å². The maximum atomic E-state index is 8.91. The number of methoxy groups -OCH3 is 2. The normalized spacial score (nSPS) is 11.6. The maximum Gasteiger partial charge on any atom is 0.205 e. The van der Waals surface area contributed by atoms with Crippen molar-refractivity contribution in [3.63, 3.8) is 0 Å². The van der Waals surface area contributed by atoms with Crippen molar-refractivity contribution in [2.24, 2.45) is 10.1 Å². The molecular formula is C20H18N4O2S. The first-order valence-electron chi connectivity index (χ1n) is 8.10. The van der Waals surface area contributed by atoms with Crippen LogP contribution < -0.4 is 14.3 Å². The Morgan fingerprint density at radius 2 is 1.89 bits per heavy atom. The summed E-state index contributed by atoms with van der Waals surface area (Å²) in [6.45, 7) is 0. The van der Waals surface area contributed by atoms with E-state index in [9.17, 15) is 0 Å². The fraction of sp³-hybridized carbons (Fsp3) is 0.150. The first kappa shape index (κ1) is 18.4. The van der Waals surface area contributed by atoms with Crippen molar-refractivity contribution in [2.45, 2.75) is 0 Å². The first-order valence-corrected chi connectivity index (χ1v) is 8.98. The molecule has 0 saturated carbocycles. The average molecular weight is 378 g/mol. The maximum absolute atomic E-state index is 8.91. The van der Waals surface area contributed by atoms with Crippen LogP contribution in [0.15, 0.2) is 57.9 Å². The van der Waals surface area contributed by atoms with Crippen LogP contribution in [0.2, 0.25) is 0 Å². The second-order valence-electron chi connectivity index (χ2n) is 5.48. The lowest BCUT2D eigenvalue weighted by atomic mass is 10.1. The molecule has 0 aliphatic carbocycles. The standard InChI is InChI=1S/C20H18N4O2S/c1-22-20-24(23-12-15-6-4-14(11-21)5-7-15)18(13-27-20)17-10-16(25-2)8-9-19(17)26-3/h4-10,12-13H,1-3H3. The molecule has 7 heteroatoms. The highest BCUT2D eigenvalue weighted by Crippen LogP contribution is 2.33. The molecule has 0 unspecified atom stereocenters. The van der Waals surface area contributed by atoms with Crippen LogP contribution in [0, 0.1) is 11.3 Å². The number of benzene rings is 2. The van der Waals surface area contributed by atoms with Crippen LogP contribution >= 0.6 is 11.3 Å². The third-order valence-electron chi connectivity index (χ3n) is 3.92. The quantitative estimate of drug-likeness (QED) is 0.638. The molecule has 0 atom stereocenters. The van der Waals surface area contributed by atoms with E-state index in [0.29, 0.717) is 5.56 Å². The van der Waals surface area contributed by atoms with Gasteiger partial charge in [-0.15, -0.1) is 11.3 Å². The van der Waals surface area contributed by atoms with E-state index < -0.39 is 0 Å². The van der Waals surface area contributed by atoms with Gasteiger partial charge in [-0.3, -0.25) is 4.99 Å². The average Bonchev–Trinajstić information content (AvgIpc) is 3.14. The van der Waals surface area contributed by atoms with Crippen molar-refractivity contribution in [1.29, 1.82) is 5.26 Å². The van der Waals surface area contributed by atoms with Crippen LogP contribution in [-0.4, -0.2) is 32.2 Å². The minimum absolute atomic E-state index is 0.612. The molecule has 136 valence electrons. The minimum Gasteiger partial charge on any atom is -0.497 e. The Bertz CT molecular complexity index is 1070. The van der Waals surface area contributed by atoms with Crippen LogP contribution in [0.25, 0.3) is 11.3 Å². The van der Waals surface area contributed by atoms with E-state index >= 15 is 0 Å². The number of hydrogen-bond donors (Lipinski definition) is 0. The van der Waals surface area contributed by atoms with Gasteiger partial charge < -0.3 is 9.47 Å². The van der Waals surface area contributed by atoms with Crippen molar-refractivity contribution >= 4 is 17.6 Å². The lowest BCUT2D eigenvalue weighted by Gasteiger charge is -2.11. The minimum atomic E-state index is 0.612. The largest absolute Gasteiger partial charge is 0.497 e. The molecule has 1 heterocycles. The summed E-state index contributed by atoms with van der Waals surface area (Å²) in [6, 6.07) is 15.0. The fourth-order valence-corrected chi connectivity index (χ4v) is 3.32. The molecule has 0 spiro atoms. The molecule has 3 rings (SSSR count). The van der Waals surface area contributed by atoms with Gasteiger partial charge in [-0.25, -0.2) is 4.68 Å². The molecule has 27 heavy (non-hydrogen) atoms. The van der Waals surface area contributed by atoms with Gasteiger partial charge in [-0.1, -0.05) is 12.1 Å². The lowest BCUT2D eigenvalue weighted by Crippen LogP contribution is -2.11. The summed E-state index contributed by atoms with van der Waals surface area (Å²) in [5, 5.41) is 15.5. The summed E-state index contributed by atoms with van der Waals surface area (Å²) >= 11 is 1.49. The Kier molecular flexibility index (Phi) is 5.69. The molecule has 0 aliphatic heterocycles. The van der Waals surface area contributed by atoms with E-state index in [1.165, 1.54) is 11.3 Å². The molecule has 0 radical (unpaired) electrons. The van der Waals surface area contributed by atoms with Gasteiger partial charge >= 0.3 is 0 Å². The highest BCUT2D eigenvalue weighted by Gasteiger charge is 2.13.